The maximum atomic E-state index is 11.5. The van der Waals surface area contributed by atoms with Crippen LogP contribution in [0.5, 0.6) is 0 Å². The fraction of sp³-hybridized carbons (Fsp3) is 0.778. The highest BCUT2D eigenvalue weighted by atomic mass is 16.7. The highest BCUT2D eigenvalue weighted by molar-refractivity contribution is 5.69. The molecule has 1 atom stereocenters. The predicted molar refractivity (Wildman–Crippen MR) is 52.2 cm³/mol. The lowest BCUT2D eigenvalue weighted by atomic mass is 10.4. The summed E-state index contributed by atoms with van der Waals surface area (Å²) >= 11 is 0. The number of hydrogen-bond acceptors (Lipinski definition) is 5. The van der Waals surface area contributed by atoms with Gasteiger partial charge in [0.05, 0.1) is 0 Å². The van der Waals surface area contributed by atoms with Gasteiger partial charge in [0.1, 0.15) is 0 Å². The quantitative estimate of drug-likeness (QED) is 0.517. The van der Waals surface area contributed by atoms with Crippen LogP contribution in [-0.4, -0.2) is 49.4 Å². The van der Waals surface area contributed by atoms with E-state index in [1.807, 2.05) is 0 Å². The summed E-state index contributed by atoms with van der Waals surface area (Å²) in [5.41, 5.74) is 0. The minimum atomic E-state index is -0.829. The second-order valence-corrected chi connectivity index (χ2v) is 3.30. The largest absolute Gasteiger partial charge is 0.426 e. The summed E-state index contributed by atoms with van der Waals surface area (Å²) in [6.45, 7) is 5.54. The van der Waals surface area contributed by atoms with Crippen LogP contribution in [0.25, 0.3) is 0 Å². The van der Waals surface area contributed by atoms with E-state index in [4.69, 9.17) is 4.74 Å². The van der Waals surface area contributed by atoms with Gasteiger partial charge in [-0.25, -0.2) is 4.79 Å². The van der Waals surface area contributed by atoms with E-state index in [0.717, 1.165) is 13.1 Å². The molecule has 1 aliphatic rings. The van der Waals surface area contributed by atoms with E-state index in [0.29, 0.717) is 13.1 Å². The highest BCUT2D eigenvalue weighted by Gasteiger charge is 2.20. The van der Waals surface area contributed by atoms with Gasteiger partial charge in [-0.2, -0.15) is 0 Å². The van der Waals surface area contributed by atoms with Crippen molar-refractivity contribution < 1.29 is 19.1 Å². The molecule has 1 saturated heterocycles. The van der Waals surface area contributed by atoms with Gasteiger partial charge in [0.2, 0.25) is 6.29 Å². The first-order valence-corrected chi connectivity index (χ1v) is 4.93. The molecule has 1 aliphatic heterocycles. The Morgan fingerprint density at radius 1 is 1.27 bits per heavy atom. The fourth-order valence-electron chi connectivity index (χ4n) is 1.32. The van der Waals surface area contributed by atoms with Crippen molar-refractivity contribution in [3.05, 3.63) is 0 Å². The Kier molecular flexibility index (Phi) is 4.36. The zero-order valence-corrected chi connectivity index (χ0v) is 8.99. The summed E-state index contributed by atoms with van der Waals surface area (Å²) in [4.78, 5) is 23.6. The first kappa shape index (κ1) is 11.8. The number of amides is 1. The second-order valence-electron chi connectivity index (χ2n) is 3.30. The average molecular weight is 216 g/mol. The van der Waals surface area contributed by atoms with Crippen molar-refractivity contribution in [1.82, 2.24) is 10.2 Å². The molecule has 1 amide bonds. The van der Waals surface area contributed by atoms with Crippen molar-refractivity contribution in [3.8, 4) is 0 Å². The third-order valence-electron chi connectivity index (χ3n) is 1.97. The van der Waals surface area contributed by atoms with Gasteiger partial charge in [0, 0.05) is 40.0 Å². The molecular weight excluding hydrogens is 200 g/mol. The van der Waals surface area contributed by atoms with Gasteiger partial charge < -0.3 is 19.7 Å². The van der Waals surface area contributed by atoms with Crippen molar-refractivity contribution in [2.45, 2.75) is 20.1 Å². The number of nitrogens with one attached hydrogen (secondary N) is 1. The lowest BCUT2D eigenvalue weighted by Gasteiger charge is -2.27. The van der Waals surface area contributed by atoms with Crippen LogP contribution in [0.1, 0.15) is 13.8 Å². The molecular formula is C9H16N2O4. The Bertz CT molecular complexity index is 238. The molecule has 6 nitrogen and oxygen atoms in total. The molecule has 1 unspecified atom stereocenters. The monoisotopic (exact) mass is 216 g/mol. The van der Waals surface area contributed by atoms with Crippen molar-refractivity contribution in [1.29, 1.82) is 0 Å². The number of esters is 1. The lowest BCUT2D eigenvalue weighted by Crippen LogP contribution is -2.47. The Hall–Kier alpha value is -1.30. The summed E-state index contributed by atoms with van der Waals surface area (Å²) in [6, 6.07) is 0. The molecule has 1 N–H and O–H groups in total. The highest BCUT2D eigenvalue weighted by Crippen LogP contribution is 2.01. The summed E-state index contributed by atoms with van der Waals surface area (Å²) in [6.07, 6.45) is -1.27. The molecule has 0 aromatic heterocycles. The number of piperazine rings is 1. The van der Waals surface area contributed by atoms with Crippen LogP contribution in [0.4, 0.5) is 4.79 Å². The Morgan fingerprint density at radius 2 is 1.87 bits per heavy atom. The molecule has 0 spiro atoms. The van der Waals surface area contributed by atoms with Crippen LogP contribution in [0, 0.1) is 0 Å². The third kappa shape index (κ3) is 4.16. The Morgan fingerprint density at radius 3 is 2.40 bits per heavy atom. The smallest absolute Gasteiger partial charge is 0.412 e. The van der Waals surface area contributed by atoms with Crippen LogP contribution < -0.4 is 5.32 Å². The van der Waals surface area contributed by atoms with Gasteiger partial charge >= 0.3 is 12.1 Å². The van der Waals surface area contributed by atoms with Crippen LogP contribution in [0.15, 0.2) is 0 Å². The average Bonchev–Trinajstić information content (AvgIpc) is 2.17. The number of ether oxygens (including phenoxy) is 2. The van der Waals surface area contributed by atoms with Gasteiger partial charge in [-0.15, -0.1) is 0 Å². The molecule has 86 valence electrons. The minimum Gasteiger partial charge on any atom is -0.426 e. The van der Waals surface area contributed by atoms with E-state index in [9.17, 15) is 9.59 Å². The zero-order valence-electron chi connectivity index (χ0n) is 8.99. The molecule has 0 aliphatic carbocycles. The van der Waals surface area contributed by atoms with E-state index < -0.39 is 18.4 Å². The third-order valence-corrected chi connectivity index (χ3v) is 1.97. The van der Waals surface area contributed by atoms with Crippen molar-refractivity contribution in [2.75, 3.05) is 26.2 Å². The number of nitrogens with zero attached hydrogens (tertiary/aromatic N) is 1. The van der Waals surface area contributed by atoms with Crippen molar-refractivity contribution in [2.24, 2.45) is 0 Å². The standard InChI is InChI=1S/C9H16N2O4/c1-7(12)14-8(2)15-9(13)11-5-3-10-4-6-11/h8,10H,3-6H2,1-2H3. The maximum absolute atomic E-state index is 11.5. The Labute approximate surface area is 88.5 Å². The number of carbonyl (C=O) groups excluding carboxylic acids is 2. The SMILES string of the molecule is CC(=O)OC(C)OC(=O)N1CCNCC1. The summed E-state index contributed by atoms with van der Waals surface area (Å²) in [5, 5.41) is 3.12. The number of rotatable bonds is 2. The molecule has 0 aromatic carbocycles. The van der Waals surface area contributed by atoms with Crippen LogP contribution in [-0.2, 0) is 14.3 Å². The molecule has 1 heterocycles. The van der Waals surface area contributed by atoms with Crippen LogP contribution >= 0.6 is 0 Å². The summed E-state index contributed by atoms with van der Waals surface area (Å²) in [7, 11) is 0. The molecule has 0 radical (unpaired) electrons. The van der Waals surface area contributed by atoms with E-state index in [1.54, 1.807) is 4.90 Å². The normalized spacial score (nSPS) is 18.1. The number of carbonyl (C=O) groups is 2. The van der Waals surface area contributed by atoms with Gasteiger partial charge in [-0.1, -0.05) is 0 Å². The minimum absolute atomic E-state index is 0.440. The molecule has 0 aromatic rings. The maximum Gasteiger partial charge on any atom is 0.412 e. The summed E-state index contributed by atoms with van der Waals surface area (Å²) < 4.78 is 9.60. The first-order valence-electron chi connectivity index (χ1n) is 4.93. The van der Waals surface area contributed by atoms with Crippen LogP contribution in [0.3, 0.4) is 0 Å². The Balaban J connectivity index is 2.30. The summed E-state index contributed by atoms with van der Waals surface area (Å²) in [5.74, 6) is -0.462. The van der Waals surface area contributed by atoms with E-state index in [-0.39, 0.29) is 0 Å². The van der Waals surface area contributed by atoms with Crippen molar-refractivity contribution >= 4 is 12.1 Å². The number of hydrogen-bond donors (Lipinski definition) is 1. The fourth-order valence-corrected chi connectivity index (χ4v) is 1.32. The van der Waals surface area contributed by atoms with Crippen LogP contribution in [0.2, 0.25) is 0 Å². The molecule has 15 heavy (non-hydrogen) atoms. The van der Waals surface area contributed by atoms with Crippen molar-refractivity contribution in [3.63, 3.8) is 0 Å². The van der Waals surface area contributed by atoms with Gasteiger partial charge in [0.25, 0.3) is 0 Å². The van der Waals surface area contributed by atoms with Gasteiger partial charge in [0.15, 0.2) is 0 Å². The van der Waals surface area contributed by atoms with E-state index >= 15 is 0 Å². The van der Waals surface area contributed by atoms with Gasteiger partial charge in [-0.3, -0.25) is 4.79 Å². The zero-order chi connectivity index (χ0) is 11.3. The lowest BCUT2D eigenvalue weighted by molar-refractivity contribution is -0.163. The van der Waals surface area contributed by atoms with E-state index in [1.165, 1.54) is 13.8 Å². The first-order chi connectivity index (χ1) is 7.09. The predicted octanol–water partition coefficient (Wildman–Crippen LogP) is -0.0627. The molecule has 0 bridgehead atoms. The molecule has 0 saturated carbocycles. The second kappa shape index (κ2) is 5.55. The molecule has 6 heteroatoms. The van der Waals surface area contributed by atoms with Gasteiger partial charge in [-0.05, 0) is 0 Å². The van der Waals surface area contributed by atoms with E-state index in [2.05, 4.69) is 10.1 Å². The molecule has 1 fully saturated rings. The topological polar surface area (TPSA) is 67.9 Å². The molecule has 1 rings (SSSR count).